The molecule has 0 aromatic rings. The summed E-state index contributed by atoms with van der Waals surface area (Å²) in [6.45, 7) is 11.3. The number of rotatable bonds is 7. The highest BCUT2D eigenvalue weighted by atomic mass is 16.5. The molecule has 0 aliphatic rings. The number of ether oxygens (including phenoxy) is 1. The van der Waals surface area contributed by atoms with E-state index in [1.54, 1.807) is 0 Å². The van der Waals surface area contributed by atoms with Crippen LogP contribution in [0.5, 0.6) is 0 Å². The Morgan fingerprint density at radius 2 is 1.56 bits per heavy atom. The van der Waals surface area contributed by atoms with Gasteiger partial charge in [-0.15, -0.1) is 0 Å². The minimum Gasteiger partial charge on any atom is -0.469 e. The fourth-order valence-electron chi connectivity index (χ4n) is 2.76. The molecule has 16 heavy (non-hydrogen) atoms. The molecular weight excluding hydrogens is 200 g/mol. The van der Waals surface area contributed by atoms with Gasteiger partial charge in [-0.2, -0.15) is 0 Å². The van der Waals surface area contributed by atoms with Gasteiger partial charge in [0.2, 0.25) is 0 Å². The topological polar surface area (TPSA) is 26.3 Å². The molecule has 0 heterocycles. The van der Waals surface area contributed by atoms with E-state index in [-0.39, 0.29) is 11.4 Å². The third-order valence-electron chi connectivity index (χ3n) is 2.96. The van der Waals surface area contributed by atoms with Gasteiger partial charge < -0.3 is 4.74 Å². The van der Waals surface area contributed by atoms with Crippen molar-refractivity contribution < 1.29 is 9.53 Å². The van der Waals surface area contributed by atoms with Gasteiger partial charge in [0.15, 0.2) is 0 Å². The first-order valence-electron chi connectivity index (χ1n) is 6.36. The summed E-state index contributed by atoms with van der Waals surface area (Å²) >= 11 is 0. The molecule has 0 radical (unpaired) electrons. The molecular formula is C14H28O2. The van der Waals surface area contributed by atoms with Crippen LogP contribution in [0.4, 0.5) is 0 Å². The van der Waals surface area contributed by atoms with Crippen molar-refractivity contribution >= 4 is 5.97 Å². The Morgan fingerprint density at radius 1 is 1.12 bits per heavy atom. The first-order chi connectivity index (χ1) is 7.29. The molecule has 0 rings (SSSR count). The zero-order valence-electron chi connectivity index (χ0n) is 11.8. The minimum atomic E-state index is -0.0845. The first kappa shape index (κ1) is 15.5. The van der Waals surface area contributed by atoms with Crippen LogP contribution in [-0.4, -0.2) is 13.1 Å². The first-order valence-corrected chi connectivity index (χ1v) is 6.36. The average Bonchev–Trinajstić information content (AvgIpc) is 2.11. The van der Waals surface area contributed by atoms with Gasteiger partial charge in [-0.3, -0.25) is 4.79 Å². The number of esters is 1. The van der Waals surface area contributed by atoms with Gasteiger partial charge in [0.1, 0.15) is 0 Å². The highest BCUT2D eigenvalue weighted by molar-refractivity contribution is 5.69. The molecule has 2 heteroatoms. The summed E-state index contributed by atoms with van der Waals surface area (Å²) in [5.74, 6) is 1.28. The lowest BCUT2D eigenvalue weighted by Gasteiger charge is -2.33. The Labute approximate surface area is 101 Å². The number of carbonyl (C=O) groups is 1. The Kier molecular flexibility index (Phi) is 6.70. The summed E-state index contributed by atoms with van der Waals surface area (Å²) in [7, 11) is 1.46. The maximum absolute atomic E-state index is 11.2. The van der Waals surface area contributed by atoms with Crippen LogP contribution in [-0.2, 0) is 9.53 Å². The number of hydrogen-bond donors (Lipinski definition) is 0. The molecule has 0 amide bonds. The second-order valence-corrected chi connectivity index (χ2v) is 6.08. The molecule has 0 aliphatic heterocycles. The second-order valence-electron chi connectivity index (χ2n) is 6.08. The predicted molar refractivity (Wildman–Crippen MR) is 68.3 cm³/mol. The van der Waals surface area contributed by atoms with Gasteiger partial charge in [0.25, 0.3) is 0 Å². The maximum atomic E-state index is 11.2. The van der Waals surface area contributed by atoms with Crippen molar-refractivity contribution in [2.24, 2.45) is 17.3 Å². The molecule has 0 saturated carbocycles. The van der Waals surface area contributed by atoms with Crippen molar-refractivity contribution in [3.05, 3.63) is 0 Å². The number of methoxy groups -OCH3 is 1. The summed E-state index contributed by atoms with van der Waals surface area (Å²) in [5.41, 5.74) is 0.274. The molecule has 0 aromatic heterocycles. The van der Waals surface area contributed by atoms with Crippen molar-refractivity contribution in [2.45, 2.75) is 60.3 Å². The zero-order chi connectivity index (χ0) is 12.8. The molecule has 2 nitrogen and oxygen atoms in total. The fraction of sp³-hybridized carbons (Fsp3) is 0.929. The number of carbonyl (C=O) groups excluding carboxylic acids is 1. The van der Waals surface area contributed by atoms with Crippen LogP contribution in [0.1, 0.15) is 60.3 Å². The smallest absolute Gasteiger partial charge is 0.305 e. The van der Waals surface area contributed by atoms with E-state index in [0.29, 0.717) is 18.3 Å². The van der Waals surface area contributed by atoms with Crippen molar-refractivity contribution in [3.8, 4) is 0 Å². The summed E-state index contributed by atoms with van der Waals surface area (Å²) in [6.07, 6.45) is 3.85. The van der Waals surface area contributed by atoms with E-state index in [1.807, 2.05) is 0 Å². The van der Waals surface area contributed by atoms with Crippen LogP contribution in [0.15, 0.2) is 0 Å². The predicted octanol–water partition coefficient (Wildman–Crippen LogP) is 4.04. The van der Waals surface area contributed by atoms with Gasteiger partial charge in [-0.05, 0) is 36.5 Å². The van der Waals surface area contributed by atoms with E-state index in [1.165, 1.54) is 20.0 Å². The maximum Gasteiger partial charge on any atom is 0.305 e. The van der Waals surface area contributed by atoms with E-state index >= 15 is 0 Å². The summed E-state index contributed by atoms with van der Waals surface area (Å²) in [5, 5.41) is 0. The normalized spacial score (nSPS) is 12.2. The van der Waals surface area contributed by atoms with Gasteiger partial charge in [0, 0.05) is 6.42 Å². The molecule has 0 aromatic carbocycles. The van der Waals surface area contributed by atoms with Crippen LogP contribution in [0, 0.1) is 17.3 Å². The highest BCUT2D eigenvalue weighted by Crippen LogP contribution is 2.37. The summed E-state index contributed by atoms with van der Waals surface area (Å²) in [6, 6.07) is 0. The van der Waals surface area contributed by atoms with E-state index < -0.39 is 0 Å². The highest BCUT2D eigenvalue weighted by Gasteiger charge is 2.27. The standard InChI is InChI=1S/C14H28O2/c1-11(2)9-14(5,10-12(3)4)8-7-13(15)16-6/h11-12H,7-10H2,1-6H3. The Hall–Kier alpha value is -0.530. The SMILES string of the molecule is COC(=O)CCC(C)(CC(C)C)CC(C)C. The van der Waals surface area contributed by atoms with E-state index in [4.69, 9.17) is 4.74 Å². The van der Waals surface area contributed by atoms with Gasteiger partial charge in [0.05, 0.1) is 7.11 Å². The average molecular weight is 228 g/mol. The van der Waals surface area contributed by atoms with Crippen LogP contribution in [0.2, 0.25) is 0 Å². The fourth-order valence-corrected chi connectivity index (χ4v) is 2.76. The molecule has 0 atom stereocenters. The van der Waals surface area contributed by atoms with E-state index in [2.05, 4.69) is 34.6 Å². The van der Waals surface area contributed by atoms with Crippen molar-refractivity contribution in [3.63, 3.8) is 0 Å². The van der Waals surface area contributed by atoms with Gasteiger partial charge >= 0.3 is 5.97 Å². The molecule has 0 bridgehead atoms. The quantitative estimate of drug-likeness (QED) is 0.615. The lowest BCUT2D eigenvalue weighted by atomic mass is 9.73. The van der Waals surface area contributed by atoms with Gasteiger partial charge in [-0.1, -0.05) is 34.6 Å². The summed E-state index contributed by atoms with van der Waals surface area (Å²) < 4.78 is 4.72. The Bertz CT molecular complexity index is 197. The lowest BCUT2D eigenvalue weighted by molar-refractivity contribution is -0.141. The van der Waals surface area contributed by atoms with Crippen LogP contribution in [0.25, 0.3) is 0 Å². The molecule has 96 valence electrons. The molecule has 0 N–H and O–H groups in total. The summed E-state index contributed by atoms with van der Waals surface area (Å²) in [4.78, 5) is 11.2. The number of hydrogen-bond acceptors (Lipinski definition) is 2. The van der Waals surface area contributed by atoms with Crippen molar-refractivity contribution in [1.29, 1.82) is 0 Å². The van der Waals surface area contributed by atoms with Gasteiger partial charge in [-0.25, -0.2) is 0 Å². The van der Waals surface area contributed by atoms with Crippen molar-refractivity contribution in [2.75, 3.05) is 7.11 Å². The molecule has 0 spiro atoms. The lowest BCUT2D eigenvalue weighted by Crippen LogP contribution is -2.23. The second kappa shape index (κ2) is 6.93. The van der Waals surface area contributed by atoms with Crippen molar-refractivity contribution in [1.82, 2.24) is 0 Å². The molecule has 0 aliphatic carbocycles. The Balaban J connectivity index is 4.34. The minimum absolute atomic E-state index is 0.0845. The van der Waals surface area contributed by atoms with Crippen LogP contribution in [0.3, 0.4) is 0 Å². The van der Waals surface area contributed by atoms with Crippen LogP contribution >= 0.6 is 0 Å². The third-order valence-corrected chi connectivity index (χ3v) is 2.96. The largest absolute Gasteiger partial charge is 0.469 e. The van der Waals surface area contributed by atoms with E-state index in [0.717, 1.165) is 6.42 Å². The van der Waals surface area contributed by atoms with E-state index in [9.17, 15) is 4.79 Å². The molecule has 0 saturated heterocycles. The third kappa shape index (κ3) is 6.86. The zero-order valence-corrected chi connectivity index (χ0v) is 11.8. The molecule has 0 fully saturated rings. The Morgan fingerprint density at radius 3 is 1.88 bits per heavy atom. The van der Waals surface area contributed by atoms with Crippen LogP contribution < -0.4 is 0 Å². The monoisotopic (exact) mass is 228 g/mol. The molecule has 0 unspecified atom stereocenters.